The zero-order chi connectivity index (χ0) is 69.1. The number of aromatic nitrogens is 14. The first-order valence-electron chi connectivity index (χ1n) is 28.9. The number of aliphatic hydroxyl groups excluding tert-OH is 2. The number of halogens is 3. The minimum absolute atomic E-state index is 0.0204. The average molecular weight is 1460 g/mol. The summed E-state index contributed by atoms with van der Waals surface area (Å²) in [6.07, 6.45) is -20.0. The molecule has 19 atom stereocenters. The van der Waals surface area contributed by atoms with E-state index in [-0.39, 0.29) is 75.8 Å². The number of nitrogens with zero attached hydrogens (tertiary/aromatic N) is 13. The van der Waals surface area contributed by atoms with E-state index in [0.29, 0.717) is 0 Å². The fourth-order valence-electron chi connectivity index (χ4n) is 11.2. The smallest absolute Gasteiger partial charge is 0.394 e. The van der Waals surface area contributed by atoms with Gasteiger partial charge in [0.2, 0.25) is 0 Å². The number of anilines is 3. The number of imidazole rings is 3. The fraction of sp³-hybridized carbons (Fsp3) is 0.596. The Morgan fingerprint density at radius 2 is 0.897 bits per heavy atom. The van der Waals surface area contributed by atoms with Gasteiger partial charge in [-0.25, -0.2) is 67.9 Å². The molecule has 5 aliphatic heterocycles. The van der Waals surface area contributed by atoms with Gasteiger partial charge < -0.3 is 75.4 Å². The lowest BCUT2D eigenvalue weighted by Crippen LogP contribution is -2.33. The number of ether oxygens (including phenoxy) is 6. The topological polar surface area (TPSA) is 583 Å². The van der Waals surface area contributed by atoms with Gasteiger partial charge in [0.15, 0.2) is 40.7 Å². The van der Waals surface area contributed by atoms with Crippen LogP contribution < -0.4 is 28.5 Å². The van der Waals surface area contributed by atoms with E-state index in [1.165, 1.54) is 45.8 Å². The average Bonchev–Trinajstić information content (AvgIpc) is 1.64. The second-order valence-corrected chi connectivity index (χ2v) is 28.0. The van der Waals surface area contributed by atoms with Crippen LogP contribution in [0.25, 0.3) is 33.5 Å². The maximum absolute atomic E-state index is 14.3. The highest BCUT2D eigenvalue weighted by Crippen LogP contribution is 2.55. The summed E-state index contributed by atoms with van der Waals surface area (Å²) in [5, 5.41) is 20.7. The Kier molecular flexibility index (Phi) is 20.3. The molecule has 43 nitrogen and oxygen atoms in total. The molecule has 0 amide bonds. The number of H-pyrrole nitrogens is 1. The van der Waals surface area contributed by atoms with Crippen molar-refractivity contribution in [2.45, 2.75) is 137 Å². The molecule has 0 bridgehead atoms. The van der Waals surface area contributed by atoms with Crippen LogP contribution in [0.2, 0.25) is 0 Å². The number of rotatable bonds is 27. The first-order chi connectivity index (χ1) is 45.9. The van der Waals surface area contributed by atoms with Crippen molar-refractivity contribution in [3.8, 4) is 0 Å². The summed E-state index contributed by atoms with van der Waals surface area (Å²) in [6.45, 7) is -4.92. The Hall–Kier alpha value is -6.36. The molecule has 0 spiro atoms. The van der Waals surface area contributed by atoms with E-state index < -0.39 is 193 Å². The fourth-order valence-corrected chi connectivity index (χ4v) is 15.0. The van der Waals surface area contributed by atoms with Gasteiger partial charge in [0.1, 0.15) is 122 Å². The third-order valence-corrected chi connectivity index (χ3v) is 19.8. The number of alkyl halides is 3. The summed E-state index contributed by atoms with van der Waals surface area (Å²) < 4.78 is 177. The number of aliphatic hydroxyl groups is 2. The maximum atomic E-state index is 14.3. The van der Waals surface area contributed by atoms with Crippen molar-refractivity contribution in [1.82, 2.24) is 68.1 Å². The molecule has 12 heterocycles. The molecule has 0 aliphatic carbocycles. The minimum Gasteiger partial charge on any atom is -0.394 e. The van der Waals surface area contributed by atoms with Crippen molar-refractivity contribution < 1.29 is 126 Å². The lowest BCUT2D eigenvalue weighted by molar-refractivity contribution is -0.226. The zero-order valence-corrected chi connectivity index (χ0v) is 53.4. The molecule has 530 valence electrons. The lowest BCUT2D eigenvalue weighted by Gasteiger charge is -2.25. The Morgan fingerprint density at radius 3 is 1.28 bits per heavy atom. The quantitative estimate of drug-likeness (QED) is 0.0310. The Labute approximate surface area is 539 Å². The summed E-state index contributed by atoms with van der Waals surface area (Å²) in [5.41, 5.74) is 17.4. The molecule has 7 aromatic rings. The van der Waals surface area contributed by atoms with Gasteiger partial charge in [-0.2, -0.15) is 13.2 Å². The van der Waals surface area contributed by atoms with Gasteiger partial charge in [-0.05, 0) is 6.92 Å². The molecule has 50 heteroatoms. The van der Waals surface area contributed by atoms with E-state index in [0.717, 1.165) is 23.5 Å². The molecular formula is C47H60F3N17O26P4. The molecule has 5 fully saturated rings. The van der Waals surface area contributed by atoms with E-state index in [1.54, 1.807) is 0 Å². The minimum atomic E-state index is -5.46. The van der Waals surface area contributed by atoms with Crippen LogP contribution in [-0.4, -0.2) is 211 Å². The number of aryl methyl sites for hydroxylation is 1. The van der Waals surface area contributed by atoms with Gasteiger partial charge in [0.05, 0.1) is 58.1 Å². The van der Waals surface area contributed by atoms with Crippen LogP contribution in [0, 0.1) is 6.92 Å². The number of nitrogens with two attached hydrogens (primary N) is 3. The number of phosphoric acid groups is 4. The molecule has 9 unspecified atom stereocenters. The van der Waals surface area contributed by atoms with E-state index in [9.17, 15) is 70.8 Å². The van der Waals surface area contributed by atoms with Crippen molar-refractivity contribution in [2.75, 3.05) is 56.8 Å². The number of nitrogens with one attached hydrogen (secondary N) is 1. The first kappa shape index (κ1) is 70.5. The Morgan fingerprint density at radius 1 is 0.536 bits per heavy atom. The summed E-state index contributed by atoms with van der Waals surface area (Å²) in [5.74, 6) is -0.109. The lowest BCUT2D eigenvalue weighted by atomic mass is 10.2. The molecule has 97 heavy (non-hydrogen) atoms. The van der Waals surface area contributed by atoms with Gasteiger partial charge >= 0.3 is 43.2 Å². The van der Waals surface area contributed by atoms with Crippen LogP contribution in [-0.2, 0) is 82.9 Å². The highest BCUT2D eigenvalue weighted by Gasteiger charge is 2.50. The van der Waals surface area contributed by atoms with Crippen molar-refractivity contribution >= 4 is 82.2 Å². The molecular weight excluding hydrogens is 1400 g/mol. The largest absolute Gasteiger partial charge is 0.472 e. The Bertz CT molecular complexity index is 4350. The van der Waals surface area contributed by atoms with Crippen LogP contribution >= 0.6 is 31.3 Å². The molecule has 7 aromatic heterocycles. The zero-order valence-electron chi connectivity index (χ0n) is 49.8. The first-order valence-corrected chi connectivity index (χ1v) is 34.8. The van der Waals surface area contributed by atoms with Gasteiger partial charge in [-0.3, -0.25) is 64.2 Å². The van der Waals surface area contributed by atoms with Gasteiger partial charge in [0.25, 0.3) is 5.56 Å². The number of aromatic amines is 1. The molecule has 13 N–H and O–H groups in total. The van der Waals surface area contributed by atoms with E-state index in [2.05, 4.69) is 54.6 Å². The molecule has 0 saturated carbocycles. The number of hydrogen-bond donors (Lipinski definition) is 10. The molecule has 5 aliphatic rings. The van der Waals surface area contributed by atoms with E-state index >= 15 is 0 Å². The summed E-state index contributed by atoms with van der Waals surface area (Å²) in [7, 11) is -21.5. The molecule has 0 radical (unpaired) electrons. The standard InChI is InChI=1S/C47H60F3N17O26P4/c1-20-7-64(46(71)63-45(20)70)31-2-21(69)27(85-31)9-81-94(72,73)90-22-3-32(65-17-60-36-39(51)54-14-57-42(36)65)86-28(22)10-82-95(74,75)91-23-4-33(66-18-61-37-40(52)55-15-58-43(37)66)87-29(23)11-83-96(76,77)92-24-5-34(67-19-62-38-41(53)56-16-59-44(38)67)88-30(24)12-84-97(78,79)93-25-6-35(89-26(25)8-68)80-13-47(48,49)50/h7,14-19,21-35,68-69H,2-6,8-13H2,1H3,(H,72,73)(H,74,75)(H,76,77)(H,78,79)(H2,51,54,57)(H2,52,55,58)(H2,53,56,59)(H,63,70,71)/t21?,22?,23?,24?,25?,26-,27-,28-,29-,30-,31-,32-,33-,34-,35-/m1/s1. The molecule has 12 rings (SSSR count). The number of hydrogen-bond acceptors (Lipinski definition) is 34. The summed E-state index contributed by atoms with van der Waals surface area (Å²) >= 11 is 0. The van der Waals surface area contributed by atoms with Crippen LogP contribution in [0.3, 0.4) is 0 Å². The predicted molar refractivity (Wildman–Crippen MR) is 310 cm³/mol. The van der Waals surface area contributed by atoms with Gasteiger partial charge in [-0.1, -0.05) is 0 Å². The monoisotopic (exact) mass is 1460 g/mol. The van der Waals surface area contributed by atoms with Crippen LogP contribution in [0.4, 0.5) is 30.6 Å². The van der Waals surface area contributed by atoms with E-state index in [1.807, 2.05) is 0 Å². The molecule has 0 aromatic carbocycles. The van der Waals surface area contributed by atoms with E-state index in [4.69, 9.17) is 77.1 Å². The summed E-state index contributed by atoms with van der Waals surface area (Å²) in [6, 6.07) is 0. The van der Waals surface area contributed by atoms with Crippen molar-refractivity contribution in [1.29, 1.82) is 0 Å². The van der Waals surface area contributed by atoms with Crippen LogP contribution in [0.15, 0.2) is 53.7 Å². The summed E-state index contributed by atoms with van der Waals surface area (Å²) in [4.78, 5) is 109. The number of nitrogen functional groups attached to an aromatic ring is 3. The number of phosphoric ester groups is 4. The highest BCUT2D eigenvalue weighted by molar-refractivity contribution is 7.48. The Balaban J connectivity index is 0.742. The normalized spacial score (nSPS) is 30.4. The number of fused-ring (bicyclic) bond motifs is 3. The van der Waals surface area contributed by atoms with Gasteiger partial charge in [0, 0.05) is 43.9 Å². The third kappa shape index (κ3) is 16.1. The van der Waals surface area contributed by atoms with Crippen molar-refractivity contribution in [2.24, 2.45) is 0 Å². The second kappa shape index (κ2) is 28.0. The van der Waals surface area contributed by atoms with Crippen LogP contribution in [0.5, 0.6) is 0 Å². The van der Waals surface area contributed by atoms with Crippen molar-refractivity contribution in [3.63, 3.8) is 0 Å². The van der Waals surface area contributed by atoms with Gasteiger partial charge in [-0.15, -0.1) is 0 Å². The second-order valence-electron chi connectivity index (χ2n) is 22.3. The predicted octanol–water partition coefficient (Wildman–Crippen LogP) is 0.317. The highest BCUT2D eigenvalue weighted by atomic mass is 31.2. The maximum Gasteiger partial charge on any atom is 0.472 e. The van der Waals surface area contributed by atoms with Crippen molar-refractivity contribution in [3.05, 3.63) is 70.6 Å². The molecule has 5 saturated heterocycles. The SMILES string of the molecule is Cc1cn([C@H]2CC(O)[C@@H](COP(=O)(O)OC3C[C@H](n4cnc5c(N)ncnc54)O[C@@H]3COP(=O)(O)OC3C[C@H](n4cnc5c(N)ncnc54)O[C@@H]3COP(=O)(O)OC3C[C@H](n4cnc5c(N)ncnc54)O[C@@H]3COP(=O)(O)OC3C[C@H](OCC(F)(F)F)O[C@@H]3CO)O2)c(=O)[nH]c1=O. The van der Waals surface area contributed by atoms with Crippen LogP contribution in [0.1, 0.15) is 62.6 Å². The third-order valence-electron chi connectivity index (χ3n) is 15.8.